The van der Waals surface area contributed by atoms with E-state index in [1.54, 1.807) is 0 Å². The van der Waals surface area contributed by atoms with Crippen LogP contribution in [0.25, 0.3) is 0 Å². The van der Waals surface area contributed by atoms with Crippen molar-refractivity contribution in [1.29, 1.82) is 0 Å². The van der Waals surface area contributed by atoms with Crippen LogP contribution in [0.4, 0.5) is 0 Å². The van der Waals surface area contributed by atoms with Crippen molar-refractivity contribution in [3.8, 4) is 0 Å². The van der Waals surface area contributed by atoms with Gasteiger partial charge in [0.15, 0.2) is 0 Å². The van der Waals surface area contributed by atoms with Gasteiger partial charge in [-0.3, -0.25) is 0 Å². The summed E-state index contributed by atoms with van der Waals surface area (Å²) < 4.78 is 0. The fourth-order valence-electron chi connectivity index (χ4n) is 3.22. The van der Waals surface area contributed by atoms with Crippen molar-refractivity contribution in [2.24, 2.45) is 23.2 Å². The molecule has 0 spiro atoms. The monoisotopic (exact) mass is 196 g/mol. The molecule has 0 N–H and O–H groups in total. The molecule has 0 radical (unpaired) electrons. The largest absolute Gasteiger partial charge is 0.0628 e. The van der Waals surface area contributed by atoms with E-state index in [2.05, 4.69) is 34.6 Å². The second-order valence-electron chi connectivity index (χ2n) is 6.44. The molecule has 2 unspecified atom stereocenters. The second-order valence-corrected chi connectivity index (χ2v) is 6.44. The molecule has 0 heteroatoms. The predicted octanol–water partition coefficient (Wildman–Crippen LogP) is 4.89. The molecule has 0 saturated heterocycles. The van der Waals surface area contributed by atoms with E-state index in [-0.39, 0.29) is 0 Å². The minimum Gasteiger partial charge on any atom is -0.0628 e. The van der Waals surface area contributed by atoms with Gasteiger partial charge in [-0.1, -0.05) is 53.9 Å². The molecule has 0 aromatic heterocycles. The smallest absolute Gasteiger partial charge is 0.0323 e. The van der Waals surface area contributed by atoms with E-state index < -0.39 is 0 Å². The van der Waals surface area contributed by atoms with E-state index in [0.717, 1.165) is 17.8 Å². The first kappa shape index (κ1) is 12.1. The Kier molecular flexibility index (Phi) is 4.04. The van der Waals surface area contributed by atoms with Gasteiger partial charge in [0.05, 0.1) is 0 Å². The maximum Gasteiger partial charge on any atom is -0.0323 e. The summed E-state index contributed by atoms with van der Waals surface area (Å²) in [6, 6.07) is 0. The van der Waals surface area contributed by atoms with Crippen molar-refractivity contribution in [3.63, 3.8) is 0 Å². The SMILES string of the molecule is CC(C)CCC1C(C)CCCC1(C)C. The van der Waals surface area contributed by atoms with Gasteiger partial charge in [-0.2, -0.15) is 0 Å². The summed E-state index contributed by atoms with van der Waals surface area (Å²) >= 11 is 0. The highest BCUT2D eigenvalue weighted by Crippen LogP contribution is 2.46. The van der Waals surface area contributed by atoms with Crippen LogP contribution < -0.4 is 0 Å². The lowest BCUT2D eigenvalue weighted by Gasteiger charge is -2.43. The zero-order chi connectivity index (χ0) is 10.8. The van der Waals surface area contributed by atoms with Crippen molar-refractivity contribution < 1.29 is 0 Å². The quantitative estimate of drug-likeness (QED) is 0.603. The highest BCUT2D eigenvalue weighted by atomic mass is 14.4. The minimum absolute atomic E-state index is 0.604. The van der Waals surface area contributed by atoms with Crippen molar-refractivity contribution in [3.05, 3.63) is 0 Å². The highest BCUT2D eigenvalue weighted by molar-refractivity contribution is 4.86. The fourth-order valence-corrected chi connectivity index (χ4v) is 3.22. The first-order chi connectivity index (χ1) is 6.43. The second kappa shape index (κ2) is 4.68. The van der Waals surface area contributed by atoms with Gasteiger partial charge in [-0.05, 0) is 36.0 Å². The Balaban J connectivity index is 2.52. The topological polar surface area (TPSA) is 0 Å². The summed E-state index contributed by atoms with van der Waals surface area (Å²) in [6.45, 7) is 12.1. The van der Waals surface area contributed by atoms with Crippen LogP contribution in [0.5, 0.6) is 0 Å². The Morgan fingerprint density at radius 2 is 1.93 bits per heavy atom. The van der Waals surface area contributed by atoms with Gasteiger partial charge in [0.25, 0.3) is 0 Å². The first-order valence-corrected chi connectivity index (χ1v) is 6.43. The maximum absolute atomic E-state index is 2.48. The molecule has 1 aliphatic rings. The number of hydrogen-bond acceptors (Lipinski definition) is 0. The molecule has 0 aromatic carbocycles. The highest BCUT2D eigenvalue weighted by Gasteiger charge is 2.36. The lowest BCUT2D eigenvalue weighted by Crippen LogP contribution is -2.33. The average molecular weight is 196 g/mol. The van der Waals surface area contributed by atoms with E-state index in [9.17, 15) is 0 Å². The molecule has 14 heavy (non-hydrogen) atoms. The molecule has 0 bridgehead atoms. The molecule has 1 saturated carbocycles. The summed E-state index contributed by atoms with van der Waals surface area (Å²) in [5.74, 6) is 2.80. The van der Waals surface area contributed by atoms with Crippen LogP contribution >= 0.6 is 0 Å². The van der Waals surface area contributed by atoms with Crippen LogP contribution in [0.2, 0.25) is 0 Å². The van der Waals surface area contributed by atoms with Gasteiger partial charge in [0, 0.05) is 0 Å². The number of rotatable bonds is 3. The molecule has 0 nitrogen and oxygen atoms in total. The predicted molar refractivity (Wildman–Crippen MR) is 64.4 cm³/mol. The van der Waals surface area contributed by atoms with Crippen LogP contribution in [-0.4, -0.2) is 0 Å². The van der Waals surface area contributed by atoms with E-state index in [1.807, 2.05) is 0 Å². The Morgan fingerprint density at radius 3 is 2.43 bits per heavy atom. The molecule has 0 heterocycles. The molecule has 0 aliphatic heterocycles. The van der Waals surface area contributed by atoms with Gasteiger partial charge in [0.2, 0.25) is 0 Å². The van der Waals surface area contributed by atoms with Gasteiger partial charge >= 0.3 is 0 Å². The zero-order valence-corrected chi connectivity index (χ0v) is 10.8. The Hall–Kier alpha value is 0. The normalized spacial score (nSPS) is 32.1. The lowest BCUT2D eigenvalue weighted by molar-refractivity contribution is 0.0717. The van der Waals surface area contributed by atoms with Crippen molar-refractivity contribution >= 4 is 0 Å². The Labute approximate surface area is 90.5 Å². The Bertz CT molecular complexity index is 167. The third-order valence-electron chi connectivity index (χ3n) is 4.23. The third-order valence-corrected chi connectivity index (χ3v) is 4.23. The number of hydrogen-bond donors (Lipinski definition) is 0. The molecule has 0 aromatic rings. The first-order valence-electron chi connectivity index (χ1n) is 6.43. The van der Waals surface area contributed by atoms with Crippen LogP contribution in [0, 0.1) is 23.2 Å². The van der Waals surface area contributed by atoms with E-state index in [0.29, 0.717) is 5.41 Å². The van der Waals surface area contributed by atoms with Crippen LogP contribution in [0.3, 0.4) is 0 Å². The van der Waals surface area contributed by atoms with Crippen molar-refractivity contribution in [2.45, 2.75) is 66.7 Å². The van der Waals surface area contributed by atoms with Gasteiger partial charge in [-0.15, -0.1) is 0 Å². The zero-order valence-electron chi connectivity index (χ0n) is 10.8. The molecule has 2 atom stereocenters. The fraction of sp³-hybridized carbons (Fsp3) is 1.00. The minimum atomic E-state index is 0.604. The molecule has 0 amide bonds. The molecular formula is C14H28. The average Bonchev–Trinajstić information content (AvgIpc) is 2.01. The molecule has 1 rings (SSSR count). The summed E-state index contributed by atoms with van der Waals surface area (Å²) in [6.07, 6.45) is 7.23. The van der Waals surface area contributed by atoms with Crippen LogP contribution in [0.1, 0.15) is 66.7 Å². The van der Waals surface area contributed by atoms with Crippen LogP contribution in [0.15, 0.2) is 0 Å². The maximum atomic E-state index is 2.48. The molecule has 84 valence electrons. The van der Waals surface area contributed by atoms with Crippen LogP contribution in [-0.2, 0) is 0 Å². The molecule has 1 aliphatic carbocycles. The molecule has 1 fully saturated rings. The summed E-state index contributed by atoms with van der Waals surface area (Å²) in [4.78, 5) is 0. The summed E-state index contributed by atoms with van der Waals surface area (Å²) in [5.41, 5.74) is 0.604. The van der Waals surface area contributed by atoms with E-state index >= 15 is 0 Å². The van der Waals surface area contributed by atoms with Crippen molar-refractivity contribution in [1.82, 2.24) is 0 Å². The lowest BCUT2D eigenvalue weighted by atomic mass is 9.62. The van der Waals surface area contributed by atoms with E-state index in [1.165, 1.54) is 32.1 Å². The molecular weight excluding hydrogens is 168 g/mol. The van der Waals surface area contributed by atoms with Gasteiger partial charge in [0.1, 0.15) is 0 Å². The van der Waals surface area contributed by atoms with Gasteiger partial charge < -0.3 is 0 Å². The Morgan fingerprint density at radius 1 is 1.29 bits per heavy atom. The van der Waals surface area contributed by atoms with E-state index in [4.69, 9.17) is 0 Å². The summed E-state index contributed by atoms with van der Waals surface area (Å²) in [7, 11) is 0. The summed E-state index contributed by atoms with van der Waals surface area (Å²) in [5, 5.41) is 0. The standard InChI is InChI=1S/C14H28/c1-11(2)8-9-13-12(3)7-6-10-14(13,4)5/h11-13H,6-10H2,1-5H3. The van der Waals surface area contributed by atoms with Crippen molar-refractivity contribution in [2.75, 3.05) is 0 Å². The third kappa shape index (κ3) is 3.00. The van der Waals surface area contributed by atoms with Gasteiger partial charge in [-0.25, -0.2) is 0 Å².